The molecule has 0 aromatic rings. The molecule has 0 aliphatic carbocycles. The molecule has 0 aromatic heterocycles. The van der Waals surface area contributed by atoms with Gasteiger partial charge in [0.25, 0.3) is 0 Å². The van der Waals surface area contributed by atoms with E-state index in [9.17, 15) is 0 Å². The van der Waals surface area contributed by atoms with Crippen LogP contribution >= 0.6 is 0 Å². The van der Waals surface area contributed by atoms with Crippen LogP contribution in [0.15, 0.2) is 0 Å². The van der Waals surface area contributed by atoms with E-state index in [4.69, 9.17) is 5.73 Å². The van der Waals surface area contributed by atoms with Crippen molar-refractivity contribution in [3.8, 4) is 0 Å². The Hall–Kier alpha value is 0.873. The fourth-order valence-corrected chi connectivity index (χ4v) is 0. The zero-order valence-electron chi connectivity index (χ0n) is 4.16. The second-order valence-electron chi connectivity index (χ2n) is 1.08. The Balaban J connectivity index is -0.0000000450. The molecule has 0 aromatic carbocycles. The molecule has 0 saturated heterocycles. The van der Waals surface area contributed by atoms with E-state index in [2.05, 4.69) is 0 Å². The Kier molecular flexibility index (Phi) is 24.5. The molecule has 0 fully saturated rings. The Morgan fingerprint density at radius 2 is 1.33 bits per heavy atom. The summed E-state index contributed by atoms with van der Waals surface area (Å²) in [5.74, 6) is 0. The first-order valence-corrected chi connectivity index (χ1v) is 1.29. The molecule has 0 rings (SSSR count). The minimum Gasteiger partial charge on any atom is -1.00 e. The second kappa shape index (κ2) is 9.30. The third-order valence-electron chi connectivity index (χ3n) is 0. The molecule has 0 aliphatic rings. The summed E-state index contributed by atoms with van der Waals surface area (Å²) in [5.41, 5.74) is 5.03. The Labute approximate surface area is 57.8 Å². The van der Waals surface area contributed by atoms with E-state index in [1.54, 1.807) is 0 Å². The number of nitrogens with two attached hydrogens (primary N) is 1. The number of halogens is 1. The van der Waals surface area contributed by atoms with Crippen molar-refractivity contribution in [2.45, 2.75) is 13.8 Å². The van der Waals surface area contributed by atoms with Crippen molar-refractivity contribution >= 4 is 0 Å². The van der Waals surface area contributed by atoms with E-state index in [1.807, 2.05) is 13.8 Å². The van der Waals surface area contributed by atoms with E-state index < -0.39 is 0 Å². The van der Waals surface area contributed by atoms with Crippen LogP contribution in [0.1, 0.15) is 13.8 Å². The van der Waals surface area contributed by atoms with Gasteiger partial charge in [-0.25, -0.2) is 0 Å². The van der Waals surface area contributed by atoms with Gasteiger partial charge in [0.05, 0.1) is 0 Å². The Morgan fingerprint density at radius 1 is 1.33 bits per heavy atom. The quantitative estimate of drug-likeness (QED) is 0.307. The normalized spacial score (nSPS) is 6.00. The molecule has 0 aliphatic heterocycles. The molecule has 0 amide bonds. The van der Waals surface area contributed by atoms with E-state index in [-0.39, 0.29) is 31.9 Å². The summed E-state index contributed by atoms with van der Waals surface area (Å²) in [5, 5.41) is 0. The third kappa shape index (κ3) is 95.9. The molecule has 0 radical (unpaired) electrons. The van der Waals surface area contributed by atoms with Crippen molar-refractivity contribution in [2.75, 3.05) is 0 Å². The zero-order chi connectivity index (χ0) is 3.58. The molecule has 0 saturated carbocycles. The summed E-state index contributed by atoms with van der Waals surface area (Å²) in [6.45, 7) is 3.72. The van der Waals surface area contributed by atoms with Gasteiger partial charge in [0.2, 0.25) is 0 Å². The van der Waals surface area contributed by atoms with Crippen molar-refractivity contribution in [2.24, 2.45) is 5.73 Å². The van der Waals surface area contributed by atoms with Crippen molar-refractivity contribution in [3.63, 3.8) is 0 Å². The number of hydrogen-bond donors (Lipinski definition) is 1. The SMILES string of the molecule is C[C-](C)N.[Cl-].[Zn+2]. The summed E-state index contributed by atoms with van der Waals surface area (Å²) in [7, 11) is 0. The summed E-state index contributed by atoms with van der Waals surface area (Å²) in [6.07, 6.45) is 0. The van der Waals surface area contributed by atoms with Crippen LogP contribution in [0.4, 0.5) is 0 Å². The van der Waals surface area contributed by atoms with Crippen LogP contribution in [0.5, 0.6) is 0 Å². The maximum absolute atomic E-state index is 5.03. The monoisotopic (exact) mass is 157 g/mol. The molecule has 0 spiro atoms. The van der Waals surface area contributed by atoms with Gasteiger partial charge in [0.15, 0.2) is 0 Å². The van der Waals surface area contributed by atoms with Gasteiger partial charge in [-0.2, -0.15) is 13.8 Å². The predicted octanol–water partition coefficient (Wildman–Crippen LogP) is -2.48. The van der Waals surface area contributed by atoms with E-state index in [0.29, 0.717) is 0 Å². The van der Waals surface area contributed by atoms with Crippen LogP contribution in [0, 0.1) is 6.04 Å². The molecule has 0 heterocycles. The van der Waals surface area contributed by atoms with E-state index in [1.165, 1.54) is 0 Å². The van der Waals surface area contributed by atoms with E-state index >= 15 is 0 Å². The number of rotatable bonds is 0. The molecule has 6 heavy (non-hydrogen) atoms. The molecule has 0 atom stereocenters. The van der Waals surface area contributed by atoms with Crippen LogP contribution in [-0.4, -0.2) is 0 Å². The maximum Gasteiger partial charge on any atom is 2.00 e. The smallest absolute Gasteiger partial charge is 1.00 e. The predicted molar refractivity (Wildman–Crippen MR) is 18.8 cm³/mol. The van der Waals surface area contributed by atoms with Crippen molar-refractivity contribution in [1.82, 2.24) is 0 Å². The van der Waals surface area contributed by atoms with Crippen molar-refractivity contribution < 1.29 is 31.9 Å². The maximum atomic E-state index is 5.03. The summed E-state index contributed by atoms with van der Waals surface area (Å²) >= 11 is 0. The minimum absolute atomic E-state index is 0. The van der Waals surface area contributed by atoms with Gasteiger partial charge in [0.1, 0.15) is 0 Å². The first kappa shape index (κ1) is 15.8. The first-order chi connectivity index (χ1) is 1.73. The van der Waals surface area contributed by atoms with Gasteiger partial charge in [-0.1, -0.05) is 0 Å². The number of hydrogen-bond acceptors (Lipinski definition) is 1. The molecule has 3 heteroatoms. The fourth-order valence-electron chi connectivity index (χ4n) is 0. The van der Waals surface area contributed by atoms with Crippen LogP contribution in [-0.2, 0) is 19.5 Å². The third-order valence-corrected chi connectivity index (χ3v) is 0. The Bertz CT molecular complexity index is 15.5. The second-order valence-corrected chi connectivity index (χ2v) is 1.08. The van der Waals surface area contributed by atoms with Crippen LogP contribution in [0.3, 0.4) is 0 Å². The summed E-state index contributed by atoms with van der Waals surface area (Å²) < 4.78 is 0. The van der Waals surface area contributed by atoms with Crippen LogP contribution in [0.25, 0.3) is 0 Å². The first-order valence-electron chi connectivity index (χ1n) is 1.29. The van der Waals surface area contributed by atoms with Gasteiger partial charge in [-0.3, -0.25) is 6.04 Å². The Morgan fingerprint density at radius 3 is 1.33 bits per heavy atom. The van der Waals surface area contributed by atoms with E-state index in [0.717, 1.165) is 6.04 Å². The van der Waals surface area contributed by atoms with Crippen molar-refractivity contribution in [3.05, 3.63) is 6.04 Å². The van der Waals surface area contributed by atoms with Crippen molar-refractivity contribution in [1.29, 1.82) is 0 Å². The molecule has 0 unspecified atom stereocenters. The fraction of sp³-hybridized carbons (Fsp3) is 0.667. The van der Waals surface area contributed by atoms with Crippen LogP contribution < -0.4 is 18.1 Å². The van der Waals surface area contributed by atoms with Gasteiger partial charge >= 0.3 is 19.5 Å². The van der Waals surface area contributed by atoms with Gasteiger partial charge in [0, 0.05) is 0 Å². The van der Waals surface area contributed by atoms with Gasteiger partial charge in [-0.05, 0) is 0 Å². The molecular weight excluding hydrogens is 151 g/mol. The topological polar surface area (TPSA) is 26.0 Å². The standard InChI is InChI=1S/C3H8N.ClH.Zn/c1-3(2)4;;/h4H2,1-2H3;1H;/q-1;;+2/p-1. The average molecular weight is 159 g/mol. The summed E-state index contributed by atoms with van der Waals surface area (Å²) in [4.78, 5) is 0. The van der Waals surface area contributed by atoms with Gasteiger partial charge in [-0.15, -0.1) is 0 Å². The summed E-state index contributed by atoms with van der Waals surface area (Å²) in [6, 6.07) is 0.917. The molecule has 34 valence electrons. The molecule has 2 N–H and O–H groups in total. The average Bonchev–Trinajstić information content (AvgIpc) is 0.811. The zero-order valence-corrected chi connectivity index (χ0v) is 7.89. The van der Waals surface area contributed by atoms with Crippen LogP contribution in [0.2, 0.25) is 0 Å². The minimum atomic E-state index is 0. The molecule has 1 nitrogen and oxygen atoms in total. The largest absolute Gasteiger partial charge is 2.00 e. The molecule has 0 bridgehead atoms. The van der Waals surface area contributed by atoms with Gasteiger partial charge < -0.3 is 18.1 Å². The molecular formula is C3H8ClNZn.